The predicted molar refractivity (Wildman–Crippen MR) is 72.1 cm³/mol. The molecule has 0 aliphatic rings. The first-order valence-electron chi connectivity index (χ1n) is 5.90. The molecule has 20 heavy (non-hydrogen) atoms. The lowest BCUT2D eigenvalue weighted by molar-refractivity contribution is 0.192. The van der Waals surface area contributed by atoms with Crippen LogP contribution in [0.5, 0.6) is 23.1 Å². The molecule has 0 unspecified atom stereocenters. The van der Waals surface area contributed by atoms with Crippen molar-refractivity contribution in [1.29, 1.82) is 0 Å². The average molecular weight is 277 g/mol. The van der Waals surface area contributed by atoms with E-state index in [2.05, 4.69) is 9.97 Å². The van der Waals surface area contributed by atoms with E-state index in [1.807, 2.05) is 0 Å². The molecular weight excluding hydrogens is 262 g/mol. The zero-order chi connectivity index (χ0) is 14.4. The Morgan fingerprint density at radius 3 is 2.80 bits per heavy atom. The number of methoxy groups -OCH3 is 1. The van der Waals surface area contributed by atoms with Crippen LogP contribution >= 0.6 is 0 Å². The molecule has 3 N–H and O–H groups in total. The average Bonchev–Trinajstić information content (AvgIpc) is 2.48. The Balaban J connectivity index is 2.27. The summed E-state index contributed by atoms with van der Waals surface area (Å²) in [6.45, 7) is -0.0482. The van der Waals surface area contributed by atoms with Gasteiger partial charge in [0.15, 0.2) is 5.82 Å². The standard InChI is InChI=1S/C13H15N3O4/c1-18-9-3-2-4-10(7-9)20-11-12(14)15-8-16-13(11)19-6-5-17/h2-4,7-8,17H,5-6H2,1H3,(H2,14,15,16). The van der Waals surface area contributed by atoms with Crippen LogP contribution in [-0.4, -0.2) is 35.4 Å². The van der Waals surface area contributed by atoms with Crippen molar-refractivity contribution in [3.63, 3.8) is 0 Å². The summed E-state index contributed by atoms with van der Waals surface area (Å²) in [6, 6.07) is 7.01. The largest absolute Gasteiger partial charge is 0.497 e. The van der Waals surface area contributed by atoms with Gasteiger partial charge in [0.05, 0.1) is 13.7 Å². The van der Waals surface area contributed by atoms with Gasteiger partial charge in [0, 0.05) is 6.07 Å². The number of nitrogen functional groups attached to an aromatic ring is 1. The molecule has 0 aliphatic heterocycles. The Morgan fingerprint density at radius 1 is 1.25 bits per heavy atom. The van der Waals surface area contributed by atoms with Crippen LogP contribution in [0.1, 0.15) is 0 Å². The number of anilines is 1. The molecule has 1 heterocycles. The third-order valence-corrected chi connectivity index (χ3v) is 2.39. The first-order chi connectivity index (χ1) is 9.74. The Bertz CT molecular complexity index is 577. The predicted octanol–water partition coefficient (Wildman–Crippen LogP) is 1.23. The number of hydrogen-bond acceptors (Lipinski definition) is 7. The molecule has 7 nitrogen and oxygen atoms in total. The van der Waals surface area contributed by atoms with Crippen LogP contribution in [0.4, 0.5) is 5.82 Å². The van der Waals surface area contributed by atoms with Crippen molar-refractivity contribution in [1.82, 2.24) is 9.97 Å². The van der Waals surface area contributed by atoms with E-state index in [0.29, 0.717) is 11.5 Å². The molecule has 106 valence electrons. The zero-order valence-corrected chi connectivity index (χ0v) is 10.9. The van der Waals surface area contributed by atoms with E-state index < -0.39 is 0 Å². The molecule has 0 radical (unpaired) electrons. The van der Waals surface area contributed by atoms with Gasteiger partial charge in [-0.2, -0.15) is 4.98 Å². The minimum Gasteiger partial charge on any atom is -0.497 e. The smallest absolute Gasteiger partial charge is 0.263 e. The van der Waals surface area contributed by atoms with Crippen LogP contribution in [0.25, 0.3) is 0 Å². The summed E-state index contributed by atoms with van der Waals surface area (Å²) >= 11 is 0. The Labute approximate surface area is 115 Å². The van der Waals surface area contributed by atoms with Crippen molar-refractivity contribution in [2.24, 2.45) is 0 Å². The molecule has 7 heteroatoms. The quantitative estimate of drug-likeness (QED) is 0.819. The van der Waals surface area contributed by atoms with Crippen molar-refractivity contribution < 1.29 is 19.3 Å². The second-order valence-electron chi connectivity index (χ2n) is 3.75. The maximum Gasteiger partial charge on any atom is 0.263 e. The van der Waals surface area contributed by atoms with E-state index in [1.165, 1.54) is 6.33 Å². The second kappa shape index (κ2) is 6.58. The number of aliphatic hydroxyl groups is 1. The minimum atomic E-state index is -0.136. The topological polar surface area (TPSA) is 99.7 Å². The summed E-state index contributed by atoms with van der Waals surface area (Å²) in [7, 11) is 1.56. The van der Waals surface area contributed by atoms with Crippen LogP contribution in [-0.2, 0) is 0 Å². The molecule has 1 aromatic heterocycles. The number of rotatable bonds is 6. The molecule has 1 aromatic carbocycles. The number of nitrogens with two attached hydrogens (primary N) is 1. The Morgan fingerprint density at radius 2 is 2.05 bits per heavy atom. The molecule has 0 saturated carbocycles. The Hall–Kier alpha value is -2.54. The lowest BCUT2D eigenvalue weighted by atomic mass is 10.3. The van der Waals surface area contributed by atoms with Gasteiger partial charge in [-0.25, -0.2) is 4.98 Å². The van der Waals surface area contributed by atoms with E-state index in [0.717, 1.165) is 0 Å². The van der Waals surface area contributed by atoms with Crippen LogP contribution in [0.2, 0.25) is 0 Å². The summed E-state index contributed by atoms with van der Waals surface area (Å²) in [5.74, 6) is 1.69. The third kappa shape index (κ3) is 3.27. The first kappa shape index (κ1) is 13.9. The van der Waals surface area contributed by atoms with Crippen LogP contribution in [0.3, 0.4) is 0 Å². The molecule has 0 spiro atoms. The monoisotopic (exact) mass is 277 g/mol. The fraction of sp³-hybridized carbons (Fsp3) is 0.231. The highest BCUT2D eigenvalue weighted by Crippen LogP contribution is 2.34. The summed E-state index contributed by atoms with van der Waals surface area (Å²) in [5, 5.41) is 8.79. The van der Waals surface area contributed by atoms with Gasteiger partial charge in [0.25, 0.3) is 5.88 Å². The van der Waals surface area contributed by atoms with Crippen LogP contribution in [0, 0.1) is 0 Å². The van der Waals surface area contributed by atoms with Crippen molar-refractivity contribution >= 4 is 5.82 Å². The lowest BCUT2D eigenvalue weighted by Crippen LogP contribution is -2.06. The summed E-state index contributed by atoms with van der Waals surface area (Å²) in [6.07, 6.45) is 1.26. The minimum absolute atomic E-state index is 0.0882. The number of ether oxygens (including phenoxy) is 3. The lowest BCUT2D eigenvalue weighted by Gasteiger charge is -2.12. The molecule has 2 rings (SSSR count). The molecule has 0 saturated heterocycles. The fourth-order valence-corrected chi connectivity index (χ4v) is 1.49. The van der Waals surface area contributed by atoms with Gasteiger partial charge in [-0.05, 0) is 12.1 Å². The molecule has 0 aliphatic carbocycles. The molecular formula is C13H15N3O4. The molecule has 2 aromatic rings. The highest BCUT2D eigenvalue weighted by molar-refractivity contribution is 5.53. The highest BCUT2D eigenvalue weighted by Gasteiger charge is 2.13. The van der Waals surface area contributed by atoms with Gasteiger partial charge < -0.3 is 25.1 Å². The first-order valence-corrected chi connectivity index (χ1v) is 5.90. The van der Waals surface area contributed by atoms with E-state index in [9.17, 15) is 0 Å². The van der Waals surface area contributed by atoms with Gasteiger partial charge in [-0.15, -0.1) is 0 Å². The van der Waals surface area contributed by atoms with Gasteiger partial charge >= 0.3 is 0 Å². The number of benzene rings is 1. The SMILES string of the molecule is COc1cccc(Oc2c(N)ncnc2OCCO)c1. The number of hydrogen-bond donors (Lipinski definition) is 2. The van der Waals surface area contributed by atoms with Crippen LogP contribution in [0.15, 0.2) is 30.6 Å². The summed E-state index contributed by atoms with van der Waals surface area (Å²) < 4.78 is 16.0. The summed E-state index contributed by atoms with van der Waals surface area (Å²) in [5.41, 5.74) is 5.76. The number of aromatic nitrogens is 2. The van der Waals surface area contributed by atoms with Crippen LogP contribution < -0.4 is 19.9 Å². The van der Waals surface area contributed by atoms with Crippen molar-refractivity contribution in [2.45, 2.75) is 0 Å². The highest BCUT2D eigenvalue weighted by atomic mass is 16.5. The van der Waals surface area contributed by atoms with Gasteiger partial charge in [-0.1, -0.05) is 6.07 Å². The number of aliphatic hydroxyl groups excluding tert-OH is 1. The maximum absolute atomic E-state index is 8.79. The summed E-state index contributed by atoms with van der Waals surface area (Å²) in [4.78, 5) is 7.79. The van der Waals surface area contributed by atoms with E-state index in [1.54, 1.807) is 31.4 Å². The van der Waals surface area contributed by atoms with Gasteiger partial charge in [-0.3, -0.25) is 0 Å². The Kier molecular flexibility index (Phi) is 4.56. The van der Waals surface area contributed by atoms with Gasteiger partial charge in [0.2, 0.25) is 5.75 Å². The maximum atomic E-state index is 8.79. The number of nitrogens with zero attached hydrogens (tertiary/aromatic N) is 2. The molecule has 0 atom stereocenters. The van der Waals surface area contributed by atoms with E-state index in [4.69, 9.17) is 25.1 Å². The normalized spacial score (nSPS) is 10.1. The van der Waals surface area contributed by atoms with E-state index >= 15 is 0 Å². The van der Waals surface area contributed by atoms with Gasteiger partial charge in [0.1, 0.15) is 24.4 Å². The molecule has 0 bridgehead atoms. The third-order valence-electron chi connectivity index (χ3n) is 2.39. The van der Waals surface area contributed by atoms with Crippen molar-refractivity contribution in [3.05, 3.63) is 30.6 Å². The van der Waals surface area contributed by atoms with E-state index in [-0.39, 0.29) is 30.7 Å². The molecule has 0 amide bonds. The second-order valence-corrected chi connectivity index (χ2v) is 3.75. The fourth-order valence-electron chi connectivity index (χ4n) is 1.49. The zero-order valence-electron chi connectivity index (χ0n) is 10.9. The molecule has 0 fully saturated rings. The van der Waals surface area contributed by atoms with Crippen molar-refractivity contribution in [3.8, 4) is 23.1 Å². The van der Waals surface area contributed by atoms with Crippen molar-refractivity contribution in [2.75, 3.05) is 26.1 Å².